The van der Waals surface area contributed by atoms with Gasteiger partial charge in [0.15, 0.2) is 0 Å². The zero-order valence-corrected chi connectivity index (χ0v) is 8.13. The third-order valence-electron chi connectivity index (χ3n) is 1.33. The standard InChI is InChI=1S/C7H6N2.CH2.Pt/c1-2-4-7-6(3-1)8-5-9-7;;/h1-5H,(H,8,9);1H2;. The zero-order chi connectivity index (χ0) is 8.10. The fourth-order valence-corrected chi connectivity index (χ4v) is 0.880. The Hall–Kier alpha value is -0.752. The van der Waals surface area contributed by atoms with Crippen LogP contribution in [0.2, 0.25) is 0 Å². The first kappa shape index (κ1) is 8.35. The molecule has 3 heteroatoms. The zero-order valence-electron chi connectivity index (χ0n) is 5.86. The van der Waals surface area contributed by atoms with Crippen LogP contribution in [0.4, 0.5) is 0 Å². The molecule has 1 aromatic carbocycles. The SMILES string of the molecule is [CH2]=[Pt].c1ccc2[nH]cnc2c1. The molecule has 0 amide bonds. The maximum absolute atomic E-state index is 4.06. The first-order valence-electron chi connectivity index (χ1n) is 3.07. The van der Waals surface area contributed by atoms with Crippen LogP contribution in [0, 0.1) is 0 Å². The summed E-state index contributed by atoms with van der Waals surface area (Å²) >= 11 is 1.89. The first-order valence-corrected chi connectivity index (χ1v) is 4.68. The van der Waals surface area contributed by atoms with Crippen LogP contribution in [-0.2, 0) is 19.4 Å². The Morgan fingerprint density at radius 2 is 2.00 bits per heavy atom. The molecule has 0 bridgehead atoms. The molecule has 60 valence electrons. The average molecular weight is 327 g/mol. The van der Waals surface area contributed by atoms with Crippen LogP contribution in [0.3, 0.4) is 0 Å². The van der Waals surface area contributed by atoms with Crippen molar-refractivity contribution in [2.45, 2.75) is 0 Å². The maximum atomic E-state index is 4.06. The van der Waals surface area contributed by atoms with Gasteiger partial charge in [-0.15, -0.1) is 0 Å². The molecule has 0 saturated heterocycles. The third kappa shape index (κ3) is 1.84. The fraction of sp³-hybridized carbons (Fsp3) is 0. The van der Waals surface area contributed by atoms with E-state index in [1.807, 2.05) is 43.6 Å². The summed E-state index contributed by atoms with van der Waals surface area (Å²) in [6.45, 7) is 0. The van der Waals surface area contributed by atoms with E-state index in [1.165, 1.54) is 0 Å². The van der Waals surface area contributed by atoms with Gasteiger partial charge in [-0.05, 0) is 12.1 Å². The molecule has 0 fully saturated rings. The number of imidazole rings is 1. The summed E-state index contributed by atoms with van der Waals surface area (Å²) in [5.41, 5.74) is 2.12. The molecule has 11 heavy (non-hydrogen) atoms. The molecular formula is C8H8N2Pt. The second-order valence-electron chi connectivity index (χ2n) is 1.92. The van der Waals surface area contributed by atoms with E-state index < -0.39 is 0 Å². The molecule has 2 aromatic rings. The van der Waals surface area contributed by atoms with Crippen LogP contribution in [0.15, 0.2) is 30.6 Å². The van der Waals surface area contributed by atoms with Crippen LogP contribution in [0.25, 0.3) is 11.0 Å². The summed E-state index contributed by atoms with van der Waals surface area (Å²) in [5.74, 6) is 0. The number of rotatable bonds is 0. The summed E-state index contributed by atoms with van der Waals surface area (Å²) in [5, 5.41) is 0. The van der Waals surface area contributed by atoms with Gasteiger partial charge in [0.1, 0.15) is 0 Å². The Morgan fingerprint density at radius 1 is 1.27 bits per heavy atom. The molecule has 0 aliphatic carbocycles. The summed E-state index contributed by atoms with van der Waals surface area (Å²) in [4.78, 5) is 10.3. The number of hydrogen-bond donors (Lipinski definition) is 1. The predicted octanol–water partition coefficient (Wildman–Crippen LogP) is 1.53. The number of benzene rings is 1. The molecule has 0 saturated carbocycles. The van der Waals surface area contributed by atoms with Gasteiger partial charge in [0.2, 0.25) is 0 Å². The number of aromatic amines is 1. The van der Waals surface area contributed by atoms with Gasteiger partial charge in [-0.25, -0.2) is 4.98 Å². The van der Waals surface area contributed by atoms with Crippen LogP contribution in [0.5, 0.6) is 0 Å². The van der Waals surface area contributed by atoms with Gasteiger partial charge in [0, 0.05) is 0 Å². The minimum atomic E-state index is 1.03. The molecule has 2 rings (SSSR count). The Bertz CT molecular complexity index is 299. The van der Waals surface area contributed by atoms with E-state index in [9.17, 15) is 0 Å². The van der Waals surface area contributed by atoms with Gasteiger partial charge < -0.3 is 4.98 Å². The van der Waals surface area contributed by atoms with Gasteiger partial charge in [0.05, 0.1) is 17.4 Å². The molecule has 1 heterocycles. The van der Waals surface area contributed by atoms with Crippen molar-refractivity contribution in [3.8, 4) is 0 Å². The quantitative estimate of drug-likeness (QED) is 0.781. The number of hydrogen-bond acceptors (Lipinski definition) is 1. The summed E-state index contributed by atoms with van der Waals surface area (Å²) in [7, 11) is 0. The Kier molecular flexibility index (Phi) is 3.18. The molecule has 0 unspecified atom stereocenters. The molecule has 0 spiro atoms. The van der Waals surface area contributed by atoms with E-state index >= 15 is 0 Å². The molecule has 0 radical (unpaired) electrons. The van der Waals surface area contributed by atoms with Crippen molar-refractivity contribution in [3.63, 3.8) is 0 Å². The average Bonchev–Trinajstić information content (AvgIpc) is 2.55. The Labute approximate surface area is 76.1 Å². The van der Waals surface area contributed by atoms with Crippen molar-refractivity contribution < 1.29 is 19.4 Å². The van der Waals surface area contributed by atoms with Gasteiger partial charge >= 0.3 is 24.3 Å². The van der Waals surface area contributed by atoms with E-state index in [-0.39, 0.29) is 0 Å². The number of fused-ring (bicyclic) bond motifs is 1. The third-order valence-corrected chi connectivity index (χ3v) is 1.33. The topological polar surface area (TPSA) is 28.7 Å². The van der Waals surface area contributed by atoms with Gasteiger partial charge in [-0.2, -0.15) is 0 Å². The molecule has 1 N–H and O–H groups in total. The second kappa shape index (κ2) is 4.19. The van der Waals surface area contributed by atoms with Crippen LogP contribution >= 0.6 is 0 Å². The van der Waals surface area contributed by atoms with Crippen molar-refractivity contribution in [2.24, 2.45) is 0 Å². The van der Waals surface area contributed by atoms with E-state index in [1.54, 1.807) is 6.33 Å². The molecular weight excluding hydrogens is 319 g/mol. The Morgan fingerprint density at radius 3 is 2.73 bits per heavy atom. The van der Waals surface area contributed by atoms with Crippen LogP contribution < -0.4 is 0 Å². The summed E-state index contributed by atoms with van der Waals surface area (Å²) in [6, 6.07) is 7.94. The fourth-order valence-electron chi connectivity index (χ4n) is 0.880. The largest absolute Gasteiger partial charge is 0.345 e. The van der Waals surface area contributed by atoms with Gasteiger partial charge in [0.25, 0.3) is 0 Å². The predicted molar refractivity (Wildman–Crippen MR) is 43.2 cm³/mol. The molecule has 2 nitrogen and oxygen atoms in total. The van der Waals surface area contributed by atoms with Crippen molar-refractivity contribution in [1.29, 1.82) is 0 Å². The van der Waals surface area contributed by atoms with E-state index in [2.05, 4.69) is 14.9 Å². The Balaban J connectivity index is 0.000000281. The molecule has 0 aliphatic heterocycles. The number of para-hydroxylation sites is 2. The number of nitrogens with one attached hydrogen (secondary N) is 1. The molecule has 0 atom stereocenters. The van der Waals surface area contributed by atoms with Gasteiger partial charge in [-0.3, -0.25) is 0 Å². The molecule has 0 aliphatic rings. The smallest absolute Gasteiger partial charge is 0.0931 e. The molecule has 1 aromatic heterocycles. The first-order chi connectivity index (χ1) is 5.47. The maximum Gasteiger partial charge on any atom is 0.0931 e. The van der Waals surface area contributed by atoms with E-state index in [0.717, 1.165) is 11.0 Å². The van der Waals surface area contributed by atoms with Crippen molar-refractivity contribution in [1.82, 2.24) is 9.97 Å². The van der Waals surface area contributed by atoms with Crippen molar-refractivity contribution >= 4 is 15.9 Å². The van der Waals surface area contributed by atoms with Crippen molar-refractivity contribution in [2.75, 3.05) is 0 Å². The summed E-state index contributed by atoms with van der Waals surface area (Å²) in [6.07, 6.45) is 1.70. The van der Waals surface area contributed by atoms with E-state index in [4.69, 9.17) is 0 Å². The number of aromatic nitrogens is 2. The van der Waals surface area contributed by atoms with Crippen molar-refractivity contribution in [3.05, 3.63) is 30.6 Å². The van der Waals surface area contributed by atoms with E-state index in [0.29, 0.717) is 0 Å². The number of H-pyrrole nitrogens is 1. The normalized spacial score (nSPS) is 8.91. The monoisotopic (exact) mass is 327 g/mol. The van der Waals surface area contributed by atoms with Crippen LogP contribution in [0.1, 0.15) is 0 Å². The van der Waals surface area contributed by atoms with Crippen LogP contribution in [-0.4, -0.2) is 14.9 Å². The minimum Gasteiger partial charge on any atom is -0.345 e. The minimum absolute atomic E-state index is 1.03. The number of nitrogens with zero attached hydrogens (tertiary/aromatic N) is 1. The second-order valence-corrected chi connectivity index (χ2v) is 1.92. The summed E-state index contributed by atoms with van der Waals surface area (Å²) < 4.78 is 0. The van der Waals surface area contributed by atoms with Gasteiger partial charge in [-0.1, -0.05) is 12.1 Å².